The first-order valence-corrected chi connectivity index (χ1v) is 7.19. The molecular formula is C16H16F2N2OS. The molecule has 0 aliphatic carbocycles. The number of rotatable bonds is 6. The van der Waals surface area contributed by atoms with Crippen molar-refractivity contribution in [2.75, 3.05) is 13.2 Å². The van der Waals surface area contributed by atoms with Crippen LogP contribution in [0.25, 0.3) is 0 Å². The standard InChI is InChI=1S/C16H16F2N2OS/c17-13-7-5-12(6-8-13)11-20-16(22)19-9-10-21-15-4-2-1-3-14(15)18/h1-8H,9-11H2,(H2,19,20,22). The van der Waals surface area contributed by atoms with E-state index in [9.17, 15) is 8.78 Å². The molecule has 0 saturated heterocycles. The molecule has 0 heterocycles. The van der Waals surface area contributed by atoms with Gasteiger partial charge < -0.3 is 15.4 Å². The minimum atomic E-state index is -0.389. The van der Waals surface area contributed by atoms with Gasteiger partial charge in [-0.3, -0.25) is 0 Å². The molecule has 0 bridgehead atoms. The number of hydrogen-bond donors (Lipinski definition) is 2. The molecule has 3 nitrogen and oxygen atoms in total. The summed E-state index contributed by atoms with van der Waals surface area (Å²) < 4.78 is 31.4. The van der Waals surface area contributed by atoms with Crippen LogP contribution in [0, 0.1) is 11.6 Å². The predicted molar refractivity (Wildman–Crippen MR) is 85.7 cm³/mol. The number of hydrogen-bond acceptors (Lipinski definition) is 2. The lowest BCUT2D eigenvalue weighted by Crippen LogP contribution is -2.37. The number of benzene rings is 2. The summed E-state index contributed by atoms with van der Waals surface area (Å²) in [5.74, 6) is -0.441. The van der Waals surface area contributed by atoms with Crippen LogP contribution in [0.2, 0.25) is 0 Å². The Balaban J connectivity index is 1.64. The molecule has 0 spiro atoms. The van der Waals surface area contributed by atoms with Crippen LogP contribution < -0.4 is 15.4 Å². The molecular weight excluding hydrogens is 306 g/mol. The van der Waals surface area contributed by atoms with Crippen LogP contribution >= 0.6 is 12.2 Å². The van der Waals surface area contributed by atoms with E-state index in [1.807, 2.05) is 0 Å². The molecule has 0 unspecified atom stereocenters. The van der Waals surface area contributed by atoms with Gasteiger partial charge in [0.2, 0.25) is 0 Å². The van der Waals surface area contributed by atoms with E-state index < -0.39 is 0 Å². The van der Waals surface area contributed by atoms with Gasteiger partial charge in [0.15, 0.2) is 16.7 Å². The fourth-order valence-electron chi connectivity index (χ4n) is 1.73. The monoisotopic (exact) mass is 322 g/mol. The zero-order chi connectivity index (χ0) is 15.8. The van der Waals surface area contributed by atoms with Gasteiger partial charge in [-0.2, -0.15) is 0 Å². The first-order chi connectivity index (χ1) is 10.6. The molecule has 0 amide bonds. The highest BCUT2D eigenvalue weighted by Crippen LogP contribution is 2.14. The van der Waals surface area contributed by atoms with Crippen molar-refractivity contribution in [3.8, 4) is 5.75 Å². The van der Waals surface area contributed by atoms with E-state index in [0.717, 1.165) is 5.56 Å². The number of thiocarbonyl (C=S) groups is 1. The Bertz CT molecular complexity index is 620. The minimum Gasteiger partial charge on any atom is -0.489 e. The lowest BCUT2D eigenvalue weighted by molar-refractivity contribution is 0.306. The third kappa shape index (κ3) is 5.29. The van der Waals surface area contributed by atoms with Gasteiger partial charge in [0.25, 0.3) is 0 Å². The largest absolute Gasteiger partial charge is 0.489 e. The Kier molecular flexibility index (Phi) is 6.09. The van der Waals surface area contributed by atoms with E-state index in [1.165, 1.54) is 18.2 Å². The van der Waals surface area contributed by atoms with Crippen molar-refractivity contribution in [3.05, 3.63) is 65.7 Å². The number of nitrogens with one attached hydrogen (secondary N) is 2. The average Bonchev–Trinajstić information content (AvgIpc) is 2.52. The summed E-state index contributed by atoms with van der Waals surface area (Å²) in [7, 11) is 0. The molecule has 2 aromatic carbocycles. The summed E-state index contributed by atoms with van der Waals surface area (Å²) in [5, 5.41) is 6.41. The van der Waals surface area contributed by atoms with Crippen LogP contribution in [0.1, 0.15) is 5.56 Å². The van der Waals surface area contributed by atoms with Crippen molar-refractivity contribution >= 4 is 17.3 Å². The Morgan fingerprint density at radius 1 is 1.00 bits per heavy atom. The maximum Gasteiger partial charge on any atom is 0.166 e. The van der Waals surface area contributed by atoms with Crippen LogP contribution in [-0.4, -0.2) is 18.3 Å². The first kappa shape index (κ1) is 16.2. The van der Waals surface area contributed by atoms with Gasteiger partial charge in [-0.25, -0.2) is 8.78 Å². The van der Waals surface area contributed by atoms with Crippen LogP contribution in [0.5, 0.6) is 5.75 Å². The molecule has 0 aromatic heterocycles. The molecule has 0 fully saturated rings. The van der Waals surface area contributed by atoms with Gasteiger partial charge in [0, 0.05) is 6.54 Å². The molecule has 0 radical (unpaired) electrons. The zero-order valence-corrected chi connectivity index (χ0v) is 12.6. The summed E-state index contributed by atoms with van der Waals surface area (Å²) in [6.45, 7) is 1.24. The molecule has 2 rings (SSSR count). The summed E-state index contributed by atoms with van der Waals surface area (Å²) in [6.07, 6.45) is 0. The minimum absolute atomic E-state index is 0.217. The molecule has 2 aromatic rings. The van der Waals surface area contributed by atoms with Gasteiger partial charge in [-0.05, 0) is 42.0 Å². The van der Waals surface area contributed by atoms with E-state index in [4.69, 9.17) is 17.0 Å². The third-order valence-electron chi connectivity index (χ3n) is 2.85. The van der Waals surface area contributed by atoms with Crippen LogP contribution in [0.4, 0.5) is 8.78 Å². The van der Waals surface area contributed by atoms with Crippen LogP contribution in [0.3, 0.4) is 0 Å². The number of halogens is 2. The highest BCUT2D eigenvalue weighted by atomic mass is 32.1. The van der Waals surface area contributed by atoms with Crippen molar-refractivity contribution < 1.29 is 13.5 Å². The van der Waals surface area contributed by atoms with Crippen molar-refractivity contribution in [2.45, 2.75) is 6.54 Å². The van der Waals surface area contributed by atoms with Gasteiger partial charge in [-0.15, -0.1) is 0 Å². The fraction of sp³-hybridized carbons (Fsp3) is 0.188. The van der Waals surface area contributed by atoms with Crippen LogP contribution in [-0.2, 0) is 6.54 Å². The number of para-hydroxylation sites is 1. The molecule has 0 atom stereocenters. The van der Waals surface area contributed by atoms with Crippen molar-refractivity contribution in [1.82, 2.24) is 10.6 Å². The highest BCUT2D eigenvalue weighted by Gasteiger charge is 2.01. The number of ether oxygens (including phenoxy) is 1. The van der Waals surface area contributed by atoms with Crippen molar-refractivity contribution in [3.63, 3.8) is 0 Å². The maximum atomic E-state index is 13.3. The normalized spacial score (nSPS) is 10.1. The second-order valence-corrected chi connectivity index (χ2v) is 4.92. The molecule has 6 heteroatoms. The zero-order valence-electron chi connectivity index (χ0n) is 11.8. The van der Waals surface area contributed by atoms with Gasteiger partial charge in [-0.1, -0.05) is 24.3 Å². The van der Waals surface area contributed by atoms with E-state index in [0.29, 0.717) is 24.8 Å². The van der Waals surface area contributed by atoms with Crippen LogP contribution in [0.15, 0.2) is 48.5 Å². The molecule has 0 aliphatic heterocycles. The maximum absolute atomic E-state index is 13.3. The summed E-state index contributed by atoms with van der Waals surface area (Å²) >= 11 is 5.11. The lowest BCUT2D eigenvalue weighted by Gasteiger charge is -2.11. The smallest absolute Gasteiger partial charge is 0.166 e. The summed E-state index contributed by atoms with van der Waals surface area (Å²) in [6, 6.07) is 12.4. The van der Waals surface area contributed by atoms with Gasteiger partial charge in [0.1, 0.15) is 12.4 Å². The van der Waals surface area contributed by atoms with Crippen molar-refractivity contribution in [1.29, 1.82) is 0 Å². The molecule has 2 N–H and O–H groups in total. The fourth-order valence-corrected chi connectivity index (χ4v) is 1.91. The lowest BCUT2D eigenvalue weighted by atomic mass is 10.2. The summed E-state index contributed by atoms with van der Waals surface area (Å²) in [5.41, 5.74) is 0.924. The Morgan fingerprint density at radius 2 is 1.73 bits per heavy atom. The topological polar surface area (TPSA) is 33.3 Å². The first-order valence-electron chi connectivity index (χ1n) is 6.78. The molecule has 22 heavy (non-hydrogen) atoms. The SMILES string of the molecule is Fc1ccc(CNC(=S)NCCOc2ccccc2F)cc1. The summed E-state index contributed by atoms with van der Waals surface area (Å²) in [4.78, 5) is 0. The molecule has 0 saturated carbocycles. The van der Waals surface area contributed by atoms with E-state index in [2.05, 4.69) is 10.6 Å². The molecule has 116 valence electrons. The second-order valence-electron chi connectivity index (χ2n) is 4.51. The quantitative estimate of drug-likeness (QED) is 0.633. The van der Waals surface area contributed by atoms with E-state index >= 15 is 0 Å². The van der Waals surface area contributed by atoms with E-state index in [1.54, 1.807) is 30.3 Å². The Morgan fingerprint density at radius 3 is 2.45 bits per heavy atom. The molecule has 0 aliphatic rings. The third-order valence-corrected chi connectivity index (χ3v) is 3.14. The van der Waals surface area contributed by atoms with Gasteiger partial charge >= 0.3 is 0 Å². The highest BCUT2D eigenvalue weighted by molar-refractivity contribution is 7.80. The Labute approximate surface area is 133 Å². The second kappa shape index (κ2) is 8.29. The van der Waals surface area contributed by atoms with Crippen molar-refractivity contribution in [2.24, 2.45) is 0 Å². The Hall–Kier alpha value is -2.21. The van der Waals surface area contributed by atoms with Gasteiger partial charge in [0.05, 0.1) is 6.54 Å². The predicted octanol–water partition coefficient (Wildman–Crippen LogP) is 3.01. The van der Waals surface area contributed by atoms with E-state index in [-0.39, 0.29) is 17.4 Å². The average molecular weight is 322 g/mol.